The van der Waals surface area contributed by atoms with Gasteiger partial charge in [0, 0.05) is 11.1 Å². The molecule has 4 nitrogen and oxygen atoms in total. The Kier molecular flexibility index (Phi) is 4.31. The van der Waals surface area contributed by atoms with E-state index in [4.69, 9.17) is 5.11 Å². The minimum Gasteiger partial charge on any atom is -0.502 e. The average Bonchev–Trinajstić information content (AvgIpc) is 2.32. The normalized spacial score (nSPS) is 12.9. The fourth-order valence-corrected chi connectivity index (χ4v) is 1.13. The van der Waals surface area contributed by atoms with Crippen molar-refractivity contribution in [2.45, 2.75) is 13.1 Å². The van der Waals surface area contributed by atoms with Crippen molar-refractivity contribution in [3.63, 3.8) is 0 Å². The number of alkyl halides is 3. The van der Waals surface area contributed by atoms with Crippen molar-refractivity contribution in [1.82, 2.24) is 9.97 Å². The zero-order valence-corrected chi connectivity index (χ0v) is 9.95. The summed E-state index contributed by atoms with van der Waals surface area (Å²) in [6.45, 7) is 4.46. The summed E-state index contributed by atoms with van der Waals surface area (Å²) >= 11 is 0. The van der Waals surface area contributed by atoms with E-state index in [0.29, 0.717) is 0 Å². The lowest BCUT2D eigenvalue weighted by Gasteiger charge is -2.05. The van der Waals surface area contributed by atoms with Gasteiger partial charge in [-0.1, -0.05) is 18.7 Å². The molecule has 2 N–H and O–H groups in total. The van der Waals surface area contributed by atoms with Crippen molar-refractivity contribution in [1.29, 1.82) is 0 Å². The van der Waals surface area contributed by atoms with Gasteiger partial charge in [0.15, 0.2) is 5.75 Å². The Labute approximate surface area is 106 Å². The Morgan fingerprint density at radius 2 is 2.11 bits per heavy atom. The zero-order chi connectivity index (χ0) is 14.6. The molecule has 7 heteroatoms. The van der Waals surface area contributed by atoms with Gasteiger partial charge in [0.2, 0.25) is 0 Å². The molecule has 0 saturated carbocycles. The molecule has 1 rings (SSSR count). The maximum absolute atomic E-state index is 12.2. The first kappa shape index (κ1) is 14.7. The van der Waals surface area contributed by atoms with Gasteiger partial charge in [0.05, 0.1) is 6.20 Å². The van der Waals surface area contributed by atoms with Crippen molar-refractivity contribution in [3.8, 4) is 5.75 Å². The van der Waals surface area contributed by atoms with E-state index in [-0.39, 0.29) is 11.4 Å². The second-order valence-electron chi connectivity index (χ2n) is 3.55. The molecule has 0 aromatic carbocycles. The van der Waals surface area contributed by atoms with Gasteiger partial charge in [-0.2, -0.15) is 13.2 Å². The molecule has 0 atom stereocenters. The smallest absolute Gasteiger partial charge is 0.415 e. The van der Waals surface area contributed by atoms with Crippen LogP contribution in [0.25, 0.3) is 5.57 Å². The van der Waals surface area contributed by atoms with E-state index in [1.165, 1.54) is 6.08 Å². The minimum atomic E-state index is -4.51. The van der Waals surface area contributed by atoms with Crippen LogP contribution in [-0.2, 0) is 0 Å². The molecule has 0 aliphatic rings. The summed E-state index contributed by atoms with van der Waals surface area (Å²) in [5.74, 6) is -0.514. The van der Waals surface area contributed by atoms with Crippen molar-refractivity contribution in [2.24, 2.45) is 0 Å². The van der Waals surface area contributed by atoms with Crippen molar-refractivity contribution in [2.75, 3.05) is 0 Å². The molecule has 1 heterocycles. The number of aromatic amines is 1. The number of aromatic nitrogens is 2. The number of aromatic hydroxyl groups is 1. The lowest BCUT2D eigenvalue weighted by Crippen LogP contribution is -2.10. The average molecular weight is 272 g/mol. The highest BCUT2D eigenvalue weighted by molar-refractivity contribution is 5.69. The predicted octanol–water partition coefficient (Wildman–Crippen LogP) is 2.55. The summed E-state index contributed by atoms with van der Waals surface area (Å²) in [5.41, 5.74) is -1.53. The van der Waals surface area contributed by atoms with E-state index in [9.17, 15) is 18.0 Å². The number of rotatable bonds is 3. The summed E-state index contributed by atoms with van der Waals surface area (Å²) in [6, 6.07) is 0. The highest BCUT2D eigenvalue weighted by Crippen LogP contribution is 2.25. The molecule has 0 bridgehead atoms. The van der Waals surface area contributed by atoms with Crippen LogP contribution in [0.5, 0.6) is 5.75 Å². The van der Waals surface area contributed by atoms with Crippen LogP contribution < -0.4 is 5.56 Å². The van der Waals surface area contributed by atoms with Crippen LogP contribution in [0.1, 0.15) is 12.7 Å². The number of nitrogens with zero attached hydrogens (tertiary/aromatic N) is 1. The number of H-pyrrole nitrogens is 1. The largest absolute Gasteiger partial charge is 0.502 e. The Balaban J connectivity index is 3.04. The first-order chi connectivity index (χ1) is 8.75. The summed E-state index contributed by atoms with van der Waals surface area (Å²) < 4.78 is 36.7. The molecule has 1 aromatic rings. The summed E-state index contributed by atoms with van der Waals surface area (Å²) in [4.78, 5) is 17.1. The summed E-state index contributed by atoms with van der Waals surface area (Å²) in [5, 5.41) is 9.02. The first-order valence-corrected chi connectivity index (χ1v) is 5.15. The van der Waals surface area contributed by atoms with E-state index in [1.807, 2.05) is 0 Å². The van der Waals surface area contributed by atoms with Gasteiger partial charge in [-0.05, 0) is 13.0 Å². The number of allylic oxidation sites excluding steroid dienone is 5. The summed E-state index contributed by atoms with van der Waals surface area (Å²) in [7, 11) is 0. The van der Waals surface area contributed by atoms with Gasteiger partial charge in [0.25, 0.3) is 5.56 Å². The quantitative estimate of drug-likeness (QED) is 0.831. The molecule has 0 fully saturated rings. The van der Waals surface area contributed by atoms with Crippen LogP contribution in [0.15, 0.2) is 41.4 Å². The Hall–Kier alpha value is -2.31. The zero-order valence-electron chi connectivity index (χ0n) is 9.95. The second kappa shape index (κ2) is 5.55. The Morgan fingerprint density at radius 3 is 2.58 bits per heavy atom. The van der Waals surface area contributed by atoms with Crippen molar-refractivity contribution >= 4 is 5.57 Å². The molecular weight excluding hydrogens is 261 g/mol. The fourth-order valence-electron chi connectivity index (χ4n) is 1.13. The number of hydrogen-bond donors (Lipinski definition) is 2. The van der Waals surface area contributed by atoms with Crippen LogP contribution in [0, 0.1) is 0 Å². The Morgan fingerprint density at radius 1 is 1.47 bits per heavy atom. The third kappa shape index (κ3) is 3.84. The van der Waals surface area contributed by atoms with E-state index >= 15 is 0 Å². The van der Waals surface area contributed by atoms with Crippen LogP contribution in [-0.4, -0.2) is 21.3 Å². The van der Waals surface area contributed by atoms with Crippen LogP contribution in [0.4, 0.5) is 13.2 Å². The third-order valence-corrected chi connectivity index (χ3v) is 2.19. The lowest BCUT2D eigenvalue weighted by molar-refractivity contribution is -0.0878. The highest BCUT2D eigenvalue weighted by Gasteiger charge is 2.29. The molecule has 0 saturated heterocycles. The first-order valence-electron chi connectivity index (χ1n) is 5.15. The topological polar surface area (TPSA) is 66.0 Å². The van der Waals surface area contributed by atoms with Crippen LogP contribution in [0.2, 0.25) is 0 Å². The fraction of sp³-hybridized carbons (Fsp3) is 0.167. The lowest BCUT2D eigenvalue weighted by atomic mass is 10.1. The highest BCUT2D eigenvalue weighted by atomic mass is 19.4. The number of nitrogens with one attached hydrogen (secondary N) is 1. The van der Waals surface area contributed by atoms with Gasteiger partial charge in [0.1, 0.15) is 5.82 Å². The SMILES string of the molecule is C=C(/C=C\C(=C/C)c1ncc(O)c(=O)[nH]1)C(F)(F)F. The minimum absolute atomic E-state index is 0.0523. The molecule has 0 aliphatic heterocycles. The van der Waals surface area contributed by atoms with Crippen LogP contribution >= 0.6 is 0 Å². The van der Waals surface area contributed by atoms with Crippen molar-refractivity contribution < 1.29 is 18.3 Å². The predicted molar refractivity (Wildman–Crippen MR) is 64.5 cm³/mol. The second-order valence-corrected chi connectivity index (χ2v) is 3.55. The van der Waals surface area contributed by atoms with Gasteiger partial charge in [-0.15, -0.1) is 0 Å². The molecule has 1 aromatic heterocycles. The number of hydrogen-bond acceptors (Lipinski definition) is 3. The molecule has 0 unspecified atom stereocenters. The molecule has 0 amide bonds. The van der Waals surface area contributed by atoms with Gasteiger partial charge in [-0.3, -0.25) is 4.79 Å². The standard InChI is InChI=1S/C12H11F3N2O2/c1-3-8(5-4-7(2)12(13,14)15)10-16-6-9(18)11(19)17-10/h3-6,18H,2H2,1H3,(H,16,17,19)/b5-4-,8-3+. The third-order valence-electron chi connectivity index (χ3n) is 2.19. The molecule has 0 spiro atoms. The Bertz CT molecular complexity index is 598. The molecular formula is C12H11F3N2O2. The van der Waals surface area contributed by atoms with E-state index in [1.54, 1.807) is 6.92 Å². The van der Waals surface area contributed by atoms with Gasteiger partial charge in [-0.25, -0.2) is 4.98 Å². The monoisotopic (exact) mass is 272 g/mol. The molecule has 0 aliphatic carbocycles. The van der Waals surface area contributed by atoms with Gasteiger partial charge < -0.3 is 10.1 Å². The molecule has 19 heavy (non-hydrogen) atoms. The molecule has 0 radical (unpaired) electrons. The van der Waals surface area contributed by atoms with Crippen molar-refractivity contribution in [3.05, 3.63) is 52.8 Å². The van der Waals surface area contributed by atoms with Gasteiger partial charge >= 0.3 is 6.18 Å². The van der Waals surface area contributed by atoms with E-state index in [2.05, 4.69) is 16.5 Å². The van der Waals surface area contributed by atoms with E-state index in [0.717, 1.165) is 18.3 Å². The number of halogens is 3. The van der Waals surface area contributed by atoms with E-state index < -0.39 is 23.1 Å². The van der Waals surface area contributed by atoms with Crippen LogP contribution in [0.3, 0.4) is 0 Å². The maximum Gasteiger partial charge on any atom is 0.415 e. The molecule has 102 valence electrons. The maximum atomic E-state index is 12.2. The summed E-state index contributed by atoms with van der Waals surface area (Å²) in [6.07, 6.45) is -0.210.